The number of nitrogens with one attached hydrogen (secondary N) is 1. The Bertz CT molecular complexity index is 434. The summed E-state index contributed by atoms with van der Waals surface area (Å²) in [4.78, 5) is 6.50. The zero-order valence-electron chi connectivity index (χ0n) is 10.0. The predicted octanol–water partition coefficient (Wildman–Crippen LogP) is 1.85. The highest BCUT2D eigenvalue weighted by Gasteiger charge is 2.12. The Labute approximate surface area is 110 Å². The molecule has 4 nitrogen and oxygen atoms in total. The molecule has 1 N–H and O–H groups in total. The van der Waals surface area contributed by atoms with E-state index in [1.165, 1.54) is 0 Å². The molecule has 0 bridgehead atoms. The molecule has 1 heterocycles. The van der Waals surface area contributed by atoms with Gasteiger partial charge in [0.1, 0.15) is 5.75 Å². The molecule has 0 aromatic heterocycles. The van der Waals surface area contributed by atoms with E-state index in [4.69, 9.17) is 4.74 Å². The molecule has 0 atom stereocenters. The van der Waals surface area contributed by atoms with Crippen LogP contribution in [0.2, 0.25) is 0 Å². The smallest absolute Gasteiger partial charge is 0.194 e. The van der Waals surface area contributed by atoms with E-state index in [0.29, 0.717) is 0 Å². The van der Waals surface area contributed by atoms with Gasteiger partial charge in [0.2, 0.25) is 0 Å². The first-order chi connectivity index (χ1) is 8.20. The molecule has 0 radical (unpaired) electrons. The van der Waals surface area contributed by atoms with Crippen molar-refractivity contribution in [3.8, 4) is 5.75 Å². The molecule has 0 aliphatic carbocycles. The molecule has 2 rings (SSSR count). The normalized spacial score (nSPS) is 14.8. The fraction of sp³-hybridized carbons (Fsp3) is 0.417. The Morgan fingerprint density at radius 2 is 2.35 bits per heavy atom. The summed E-state index contributed by atoms with van der Waals surface area (Å²) in [6.45, 7) is 2.58. The van der Waals surface area contributed by atoms with Gasteiger partial charge in [0.05, 0.1) is 13.7 Å². The number of benzene rings is 1. The summed E-state index contributed by atoms with van der Waals surface area (Å²) in [7, 11) is 3.72. The topological polar surface area (TPSA) is 36.9 Å². The average Bonchev–Trinajstić information content (AvgIpc) is 2.73. The van der Waals surface area contributed by atoms with E-state index in [1.807, 2.05) is 25.2 Å². The van der Waals surface area contributed by atoms with Crippen LogP contribution in [0.25, 0.3) is 0 Å². The third-order valence-electron chi connectivity index (χ3n) is 2.74. The minimum absolute atomic E-state index is 0.722. The van der Waals surface area contributed by atoms with E-state index in [1.54, 1.807) is 7.11 Å². The monoisotopic (exact) mass is 297 g/mol. The fourth-order valence-corrected chi connectivity index (χ4v) is 2.10. The lowest BCUT2D eigenvalue weighted by molar-refractivity contribution is 0.408. The Morgan fingerprint density at radius 1 is 1.53 bits per heavy atom. The first kappa shape index (κ1) is 12.2. The molecule has 5 heteroatoms. The van der Waals surface area contributed by atoms with Crippen LogP contribution in [0.5, 0.6) is 5.75 Å². The van der Waals surface area contributed by atoms with Crippen molar-refractivity contribution in [3.05, 3.63) is 28.2 Å². The Balaban J connectivity index is 2.03. The number of hydrogen-bond donors (Lipinski definition) is 1. The van der Waals surface area contributed by atoms with Crippen LogP contribution in [0.1, 0.15) is 5.56 Å². The fourth-order valence-electron chi connectivity index (χ4n) is 1.76. The summed E-state index contributed by atoms with van der Waals surface area (Å²) >= 11 is 3.43. The van der Waals surface area contributed by atoms with E-state index in [2.05, 4.69) is 31.1 Å². The molecule has 1 aliphatic heterocycles. The summed E-state index contributed by atoms with van der Waals surface area (Å²) in [6.07, 6.45) is 0. The van der Waals surface area contributed by atoms with Crippen molar-refractivity contribution in [1.82, 2.24) is 10.2 Å². The summed E-state index contributed by atoms with van der Waals surface area (Å²) in [5, 5.41) is 3.32. The third kappa shape index (κ3) is 2.91. The summed E-state index contributed by atoms with van der Waals surface area (Å²) in [5.41, 5.74) is 1.12. The van der Waals surface area contributed by atoms with Crippen molar-refractivity contribution in [2.75, 3.05) is 27.2 Å². The lowest BCUT2D eigenvalue weighted by atomic mass is 10.2. The van der Waals surface area contributed by atoms with Crippen LogP contribution in [-0.4, -0.2) is 38.1 Å². The van der Waals surface area contributed by atoms with Crippen LogP contribution in [-0.2, 0) is 6.54 Å². The number of ether oxygens (including phenoxy) is 1. The minimum Gasteiger partial charge on any atom is -0.496 e. The second kappa shape index (κ2) is 5.40. The largest absolute Gasteiger partial charge is 0.496 e. The highest BCUT2D eigenvalue weighted by molar-refractivity contribution is 9.10. The van der Waals surface area contributed by atoms with Gasteiger partial charge in [0.15, 0.2) is 5.96 Å². The summed E-state index contributed by atoms with van der Waals surface area (Å²) in [5.74, 6) is 1.84. The molecule has 1 aliphatic rings. The van der Waals surface area contributed by atoms with Gasteiger partial charge in [-0.3, -0.25) is 4.99 Å². The quantitative estimate of drug-likeness (QED) is 0.925. The highest BCUT2D eigenvalue weighted by Crippen LogP contribution is 2.23. The predicted molar refractivity (Wildman–Crippen MR) is 72.5 cm³/mol. The van der Waals surface area contributed by atoms with Gasteiger partial charge in [-0.05, 0) is 12.1 Å². The van der Waals surface area contributed by atoms with Crippen LogP contribution in [0, 0.1) is 0 Å². The Kier molecular flexibility index (Phi) is 3.89. The number of guanidine groups is 1. The molecule has 0 saturated carbocycles. The van der Waals surface area contributed by atoms with Gasteiger partial charge < -0.3 is 15.0 Å². The lowest BCUT2D eigenvalue weighted by Gasteiger charge is -2.16. The van der Waals surface area contributed by atoms with Crippen LogP contribution in [0.15, 0.2) is 27.7 Å². The van der Waals surface area contributed by atoms with Crippen LogP contribution < -0.4 is 10.1 Å². The maximum atomic E-state index is 5.34. The summed E-state index contributed by atoms with van der Waals surface area (Å²) < 4.78 is 6.37. The number of rotatable bonds is 3. The molecule has 1 aromatic carbocycles. The van der Waals surface area contributed by atoms with Gasteiger partial charge in [0.25, 0.3) is 0 Å². The molecule has 0 saturated heterocycles. The number of methoxy groups -OCH3 is 1. The zero-order valence-corrected chi connectivity index (χ0v) is 11.6. The van der Waals surface area contributed by atoms with Crippen molar-refractivity contribution in [2.45, 2.75) is 6.54 Å². The minimum atomic E-state index is 0.722. The zero-order chi connectivity index (χ0) is 12.3. The molecular weight excluding hydrogens is 282 g/mol. The van der Waals surface area contributed by atoms with Crippen LogP contribution in [0.4, 0.5) is 0 Å². The number of likely N-dealkylation sites (N-methyl/N-ethyl adjacent to an activating group) is 1. The Morgan fingerprint density at radius 3 is 3.00 bits per heavy atom. The van der Waals surface area contributed by atoms with E-state index in [9.17, 15) is 0 Å². The second-order valence-electron chi connectivity index (χ2n) is 3.94. The van der Waals surface area contributed by atoms with Crippen molar-refractivity contribution >= 4 is 21.9 Å². The van der Waals surface area contributed by atoms with E-state index in [0.717, 1.165) is 41.4 Å². The molecular formula is C12H16BrN3O. The van der Waals surface area contributed by atoms with Gasteiger partial charge >= 0.3 is 0 Å². The van der Waals surface area contributed by atoms with Crippen molar-refractivity contribution < 1.29 is 4.74 Å². The molecule has 0 amide bonds. The number of aliphatic imine (C=N–C) groups is 1. The Hall–Kier alpha value is -1.23. The van der Waals surface area contributed by atoms with Crippen molar-refractivity contribution in [1.29, 1.82) is 0 Å². The first-order valence-corrected chi connectivity index (χ1v) is 6.32. The molecule has 0 unspecified atom stereocenters. The van der Waals surface area contributed by atoms with Gasteiger partial charge in [-0.15, -0.1) is 0 Å². The van der Waals surface area contributed by atoms with Crippen molar-refractivity contribution in [2.24, 2.45) is 4.99 Å². The van der Waals surface area contributed by atoms with E-state index in [-0.39, 0.29) is 0 Å². The summed E-state index contributed by atoms with van der Waals surface area (Å²) in [6, 6.07) is 6.03. The van der Waals surface area contributed by atoms with E-state index >= 15 is 0 Å². The maximum absolute atomic E-state index is 5.34. The SMILES string of the molecule is COc1cc(Br)ccc1CNC1=NCCN1C. The van der Waals surface area contributed by atoms with Crippen LogP contribution >= 0.6 is 15.9 Å². The van der Waals surface area contributed by atoms with Gasteiger partial charge in [-0.25, -0.2) is 0 Å². The van der Waals surface area contributed by atoms with Gasteiger partial charge in [-0.1, -0.05) is 22.0 Å². The standard InChI is InChI=1S/C12H16BrN3O/c1-16-6-5-14-12(16)15-8-9-3-4-10(13)7-11(9)17-2/h3-4,7H,5-6,8H2,1-2H3,(H,14,15). The molecule has 17 heavy (non-hydrogen) atoms. The highest BCUT2D eigenvalue weighted by atomic mass is 79.9. The van der Waals surface area contributed by atoms with Gasteiger partial charge in [-0.2, -0.15) is 0 Å². The molecule has 1 aromatic rings. The average molecular weight is 298 g/mol. The first-order valence-electron chi connectivity index (χ1n) is 5.52. The maximum Gasteiger partial charge on any atom is 0.194 e. The van der Waals surface area contributed by atoms with E-state index < -0.39 is 0 Å². The molecule has 92 valence electrons. The van der Waals surface area contributed by atoms with Gasteiger partial charge in [0, 0.05) is 30.2 Å². The molecule has 0 fully saturated rings. The third-order valence-corrected chi connectivity index (χ3v) is 3.24. The van der Waals surface area contributed by atoms with Crippen molar-refractivity contribution in [3.63, 3.8) is 0 Å². The number of nitrogens with zero attached hydrogens (tertiary/aromatic N) is 2. The second-order valence-corrected chi connectivity index (χ2v) is 4.85. The molecule has 0 spiro atoms. The number of halogens is 1. The van der Waals surface area contributed by atoms with Crippen LogP contribution in [0.3, 0.4) is 0 Å². The number of hydrogen-bond acceptors (Lipinski definition) is 4. The lowest BCUT2D eigenvalue weighted by Crippen LogP contribution is -2.35.